The summed E-state index contributed by atoms with van der Waals surface area (Å²) in [5.74, 6) is -0.244. The molecular formula is C17H18ClN3O3S. The third kappa shape index (κ3) is 4.36. The number of hydrogen-bond acceptors (Lipinski definition) is 5. The van der Waals surface area contributed by atoms with Gasteiger partial charge < -0.3 is 15.0 Å². The monoisotopic (exact) mass is 379 g/mol. The molecule has 1 N–H and O–H groups in total. The molecule has 0 bridgehead atoms. The molecule has 2 heterocycles. The zero-order chi connectivity index (χ0) is 17.8. The van der Waals surface area contributed by atoms with Crippen molar-refractivity contribution in [3.8, 4) is 0 Å². The van der Waals surface area contributed by atoms with Crippen LogP contribution in [0.25, 0.3) is 0 Å². The van der Waals surface area contributed by atoms with Crippen molar-refractivity contribution >= 4 is 40.4 Å². The van der Waals surface area contributed by atoms with Gasteiger partial charge in [0.05, 0.1) is 5.69 Å². The number of hydrogen-bond donors (Lipinski definition) is 1. The minimum absolute atomic E-state index is 0.0154. The van der Waals surface area contributed by atoms with Crippen LogP contribution in [0.15, 0.2) is 24.3 Å². The lowest BCUT2D eigenvalue weighted by Crippen LogP contribution is -2.35. The number of aromatic nitrogens is 1. The Kier molecular flexibility index (Phi) is 5.67. The standard InChI is InChI=1S/C17H18ClN3O3S/c1-24-10-15(22)21-8-6-13-14(7-9-21)25-17(20-13)16(23)19-12-4-2-11(18)3-5-12/h2-5H,6-10H2,1H3,(H,19,23). The van der Waals surface area contributed by atoms with Crippen molar-refractivity contribution in [1.82, 2.24) is 9.88 Å². The molecule has 0 fully saturated rings. The maximum atomic E-state index is 12.4. The van der Waals surface area contributed by atoms with Crippen LogP contribution in [-0.4, -0.2) is 48.5 Å². The number of anilines is 1. The number of benzene rings is 1. The molecule has 0 aliphatic carbocycles. The summed E-state index contributed by atoms with van der Waals surface area (Å²) in [6.07, 6.45) is 1.35. The maximum absolute atomic E-state index is 12.4. The van der Waals surface area contributed by atoms with Gasteiger partial charge in [-0.1, -0.05) is 11.6 Å². The van der Waals surface area contributed by atoms with Crippen LogP contribution < -0.4 is 5.32 Å². The molecule has 3 rings (SSSR count). The predicted molar refractivity (Wildman–Crippen MR) is 97.4 cm³/mol. The summed E-state index contributed by atoms with van der Waals surface area (Å²) in [5, 5.41) is 3.88. The number of carbonyl (C=O) groups excluding carboxylic acids is 2. The molecule has 2 amide bonds. The third-order valence-corrected chi connectivity index (χ3v) is 5.33. The van der Waals surface area contributed by atoms with Crippen molar-refractivity contribution in [2.45, 2.75) is 12.8 Å². The number of thiazole rings is 1. The van der Waals surface area contributed by atoms with Crippen LogP contribution in [0.1, 0.15) is 20.4 Å². The smallest absolute Gasteiger partial charge is 0.284 e. The second kappa shape index (κ2) is 7.95. The van der Waals surface area contributed by atoms with Gasteiger partial charge in [0.25, 0.3) is 5.91 Å². The molecule has 0 saturated heterocycles. The van der Waals surface area contributed by atoms with Gasteiger partial charge in [-0.25, -0.2) is 4.98 Å². The molecule has 0 atom stereocenters. The maximum Gasteiger partial charge on any atom is 0.284 e. The van der Waals surface area contributed by atoms with Crippen molar-refractivity contribution in [3.63, 3.8) is 0 Å². The van der Waals surface area contributed by atoms with Crippen LogP contribution >= 0.6 is 22.9 Å². The lowest BCUT2D eigenvalue weighted by atomic mass is 10.2. The second-order valence-electron chi connectivity index (χ2n) is 5.66. The average Bonchev–Trinajstić information content (AvgIpc) is 2.90. The number of carbonyl (C=O) groups is 2. The SMILES string of the molecule is COCC(=O)N1CCc2nc(C(=O)Nc3ccc(Cl)cc3)sc2CC1. The van der Waals surface area contributed by atoms with Gasteiger partial charge in [0.15, 0.2) is 5.01 Å². The van der Waals surface area contributed by atoms with Crippen molar-refractivity contribution in [1.29, 1.82) is 0 Å². The highest BCUT2D eigenvalue weighted by atomic mass is 35.5. The Balaban J connectivity index is 1.66. The van der Waals surface area contributed by atoms with Gasteiger partial charge in [-0.2, -0.15) is 0 Å². The fraction of sp³-hybridized carbons (Fsp3) is 0.353. The molecule has 1 aliphatic heterocycles. The zero-order valence-electron chi connectivity index (χ0n) is 13.8. The number of fused-ring (bicyclic) bond motifs is 1. The molecule has 0 radical (unpaired) electrons. The molecule has 1 aromatic carbocycles. The van der Waals surface area contributed by atoms with Gasteiger partial charge in [-0.3, -0.25) is 9.59 Å². The Bertz CT molecular complexity index is 750. The molecule has 0 spiro atoms. The summed E-state index contributed by atoms with van der Waals surface area (Å²) >= 11 is 7.23. The lowest BCUT2D eigenvalue weighted by Gasteiger charge is -2.19. The fourth-order valence-corrected chi connectivity index (χ4v) is 3.76. The minimum Gasteiger partial charge on any atom is -0.375 e. The molecule has 1 aliphatic rings. The number of amides is 2. The lowest BCUT2D eigenvalue weighted by molar-refractivity contribution is -0.135. The summed E-state index contributed by atoms with van der Waals surface area (Å²) in [6.45, 7) is 1.31. The Morgan fingerprint density at radius 1 is 1.28 bits per heavy atom. The van der Waals surface area contributed by atoms with E-state index in [2.05, 4.69) is 10.3 Å². The quantitative estimate of drug-likeness (QED) is 0.886. The summed E-state index contributed by atoms with van der Waals surface area (Å²) in [6, 6.07) is 6.94. The first-order valence-corrected chi connectivity index (χ1v) is 9.08. The van der Waals surface area contributed by atoms with E-state index in [-0.39, 0.29) is 18.4 Å². The largest absolute Gasteiger partial charge is 0.375 e. The molecule has 25 heavy (non-hydrogen) atoms. The molecule has 132 valence electrons. The summed E-state index contributed by atoms with van der Waals surface area (Å²) in [5.41, 5.74) is 1.58. The van der Waals surface area contributed by atoms with Crippen molar-refractivity contribution in [3.05, 3.63) is 44.9 Å². The third-order valence-electron chi connectivity index (χ3n) is 3.92. The summed E-state index contributed by atoms with van der Waals surface area (Å²) < 4.78 is 4.91. The number of methoxy groups -OCH3 is 1. The van der Waals surface area contributed by atoms with Crippen molar-refractivity contribution in [2.24, 2.45) is 0 Å². The van der Waals surface area contributed by atoms with E-state index < -0.39 is 0 Å². The van der Waals surface area contributed by atoms with Gasteiger partial charge >= 0.3 is 0 Å². The fourth-order valence-electron chi connectivity index (χ4n) is 2.64. The number of nitrogens with one attached hydrogen (secondary N) is 1. The van der Waals surface area contributed by atoms with Crippen LogP contribution in [0.5, 0.6) is 0 Å². The van der Waals surface area contributed by atoms with E-state index in [4.69, 9.17) is 16.3 Å². The Morgan fingerprint density at radius 2 is 2.00 bits per heavy atom. The van der Waals surface area contributed by atoms with Crippen molar-refractivity contribution in [2.75, 3.05) is 32.1 Å². The molecule has 2 aromatic rings. The number of rotatable bonds is 4. The van der Waals surface area contributed by atoms with E-state index in [1.807, 2.05) is 0 Å². The predicted octanol–water partition coefficient (Wildman–Crippen LogP) is 2.62. The van der Waals surface area contributed by atoms with E-state index >= 15 is 0 Å². The summed E-state index contributed by atoms with van der Waals surface area (Å²) in [7, 11) is 1.51. The van der Waals surface area contributed by atoms with E-state index in [0.717, 1.165) is 10.6 Å². The minimum atomic E-state index is -0.229. The molecule has 0 unspecified atom stereocenters. The van der Waals surface area contributed by atoms with Gasteiger partial charge in [0.1, 0.15) is 6.61 Å². The Hall–Kier alpha value is -1.96. The number of nitrogens with zero attached hydrogens (tertiary/aromatic N) is 2. The summed E-state index contributed by atoms with van der Waals surface area (Å²) in [4.78, 5) is 31.6. The second-order valence-corrected chi connectivity index (χ2v) is 7.18. The first kappa shape index (κ1) is 17.8. The number of ether oxygens (including phenoxy) is 1. The van der Waals surface area contributed by atoms with Crippen LogP contribution in [0.2, 0.25) is 5.02 Å². The van der Waals surface area contributed by atoms with Crippen LogP contribution in [0.3, 0.4) is 0 Å². The highest BCUT2D eigenvalue weighted by Gasteiger charge is 2.23. The van der Waals surface area contributed by atoms with E-state index in [9.17, 15) is 9.59 Å². The van der Waals surface area contributed by atoms with Gasteiger partial charge in [0.2, 0.25) is 5.91 Å². The van der Waals surface area contributed by atoms with Crippen LogP contribution in [0, 0.1) is 0 Å². The topological polar surface area (TPSA) is 71.5 Å². The first-order chi connectivity index (χ1) is 12.1. The normalized spacial score (nSPS) is 13.9. The highest BCUT2D eigenvalue weighted by molar-refractivity contribution is 7.13. The Labute approximate surface area is 154 Å². The van der Waals surface area contributed by atoms with E-state index in [1.54, 1.807) is 29.2 Å². The molecule has 6 nitrogen and oxygen atoms in total. The molecule has 1 aromatic heterocycles. The van der Waals surface area contributed by atoms with Gasteiger partial charge in [-0.05, 0) is 24.3 Å². The van der Waals surface area contributed by atoms with Gasteiger partial charge in [0, 0.05) is 48.6 Å². The zero-order valence-corrected chi connectivity index (χ0v) is 15.3. The van der Waals surface area contributed by atoms with Crippen molar-refractivity contribution < 1.29 is 14.3 Å². The first-order valence-electron chi connectivity index (χ1n) is 7.89. The van der Waals surface area contributed by atoms with Crippen LogP contribution in [-0.2, 0) is 22.4 Å². The highest BCUT2D eigenvalue weighted by Crippen LogP contribution is 2.24. The molecule has 8 heteroatoms. The van der Waals surface area contributed by atoms with Gasteiger partial charge in [-0.15, -0.1) is 11.3 Å². The average molecular weight is 380 g/mol. The number of halogens is 1. The molecule has 0 saturated carbocycles. The Morgan fingerprint density at radius 3 is 2.72 bits per heavy atom. The molecular weight excluding hydrogens is 362 g/mol. The van der Waals surface area contributed by atoms with E-state index in [0.29, 0.717) is 41.6 Å². The van der Waals surface area contributed by atoms with E-state index in [1.165, 1.54) is 18.4 Å². The van der Waals surface area contributed by atoms with Crippen LogP contribution in [0.4, 0.5) is 5.69 Å².